The molecule has 2 aromatic rings. The molecule has 0 radical (unpaired) electrons. The van der Waals surface area contributed by atoms with Crippen LogP contribution in [0.3, 0.4) is 0 Å². The Hall–Kier alpha value is -2.03. The van der Waals surface area contributed by atoms with Crippen molar-refractivity contribution in [2.24, 2.45) is 5.41 Å². The quantitative estimate of drug-likeness (QED) is 0.693. The second-order valence-corrected chi connectivity index (χ2v) is 10.1. The zero-order valence-electron chi connectivity index (χ0n) is 18.4. The van der Waals surface area contributed by atoms with Gasteiger partial charge in [-0.1, -0.05) is 0 Å². The number of hydrogen-bond acceptors (Lipinski definition) is 6. The molecule has 7 nitrogen and oxygen atoms in total. The maximum absolute atomic E-state index is 12.8. The lowest BCUT2D eigenvalue weighted by molar-refractivity contribution is -0.134. The smallest absolute Gasteiger partial charge is 0.227 e. The van der Waals surface area contributed by atoms with Gasteiger partial charge in [-0.05, 0) is 55.5 Å². The SMILES string of the molecule is CCn1cc(CN2CC(O)CC3(CCN(C(=O)Cc4csc(C(C)=O)c4)CC3)C2)cn1. The van der Waals surface area contributed by atoms with E-state index in [0.717, 1.165) is 57.5 Å². The minimum Gasteiger partial charge on any atom is -0.392 e. The molecule has 2 aromatic heterocycles. The summed E-state index contributed by atoms with van der Waals surface area (Å²) >= 11 is 1.41. The fourth-order valence-electron chi connectivity index (χ4n) is 5.04. The van der Waals surface area contributed by atoms with Crippen LogP contribution in [0.2, 0.25) is 0 Å². The number of rotatable bonds is 6. The molecule has 0 aromatic carbocycles. The number of thiophene rings is 1. The second kappa shape index (κ2) is 9.22. The summed E-state index contributed by atoms with van der Waals surface area (Å²) in [6, 6.07) is 1.84. The highest BCUT2D eigenvalue weighted by atomic mass is 32.1. The molecule has 31 heavy (non-hydrogen) atoms. The Bertz CT molecular complexity index is 929. The summed E-state index contributed by atoms with van der Waals surface area (Å²) in [7, 11) is 0. The molecule has 1 spiro atoms. The van der Waals surface area contributed by atoms with Crippen molar-refractivity contribution >= 4 is 23.0 Å². The number of aliphatic hydroxyl groups excluding tert-OH is 1. The molecule has 4 heterocycles. The van der Waals surface area contributed by atoms with Gasteiger partial charge in [-0.3, -0.25) is 19.2 Å². The van der Waals surface area contributed by atoms with Crippen molar-refractivity contribution in [3.63, 3.8) is 0 Å². The first-order valence-corrected chi connectivity index (χ1v) is 12.0. The third-order valence-electron chi connectivity index (χ3n) is 6.65. The van der Waals surface area contributed by atoms with Crippen molar-refractivity contribution in [2.45, 2.75) is 58.7 Å². The zero-order valence-corrected chi connectivity index (χ0v) is 19.2. The van der Waals surface area contributed by atoms with Gasteiger partial charge in [0.2, 0.25) is 5.91 Å². The fraction of sp³-hybridized carbons (Fsp3) is 0.609. The molecule has 0 aliphatic carbocycles. The normalized spacial score (nSPS) is 21.5. The highest BCUT2D eigenvalue weighted by Crippen LogP contribution is 2.40. The summed E-state index contributed by atoms with van der Waals surface area (Å²) < 4.78 is 1.93. The maximum atomic E-state index is 12.8. The fourth-order valence-corrected chi connectivity index (χ4v) is 5.85. The molecule has 8 heteroatoms. The third kappa shape index (κ3) is 5.25. The van der Waals surface area contributed by atoms with Gasteiger partial charge < -0.3 is 10.0 Å². The minimum atomic E-state index is -0.326. The Balaban J connectivity index is 1.33. The van der Waals surface area contributed by atoms with Gasteiger partial charge in [-0.25, -0.2) is 0 Å². The second-order valence-electron chi connectivity index (χ2n) is 9.16. The number of aromatic nitrogens is 2. The Morgan fingerprint density at radius 1 is 1.29 bits per heavy atom. The van der Waals surface area contributed by atoms with Crippen LogP contribution in [0.15, 0.2) is 23.8 Å². The largest absolute Gasteiger partial charge is 0.392 e. The van der Waals surface area contributed by atoms with Gasteiger partial charge >= 0.3 is 0 Å². The predicted molar refractivity (Wildman–Crippen MR) is 120 cm³/mol. The van der Waals surface area contributed by atoms with E-state index in [1.165, 1.54) is 16.9 Å². The Labute approximate surface area is 187 Å². The number of piperidine rings is 2. The van der Waals surface area contributed by atoms with Gasteiger partial charge in [0.25, 0.3) is 0 Å². The van der Waals surface area contributed by atoms with Gasteiger partial charge in [0, 0.05) is 51.0 Å². The molecule has 168 valence electrons. The van der Waals surface area contributed by atoms with E-state index in [2.05, 4.69) is 23.1 Å². The van der Waals surface area contributed by atoms with E-state index in [1.54, 1.807) is 6.92 Å². The average molecular weight is 445 g/mol. The molecule has 1 N–H and O–H groups in total. The number of carbonyl (C=O) groups is 2. The number of amides is 1. The molecule has 2 fully saturated rings. The summed E-state index contributed by atoms with van der Waals surface area (Å²) in [5.41, 5.74) is 2.17. The van der Waals surface area contributed by atoms with Gasteiger partial charge in [-0.2, -0.15) is 5.10 Å². The molecule has 1 unspecified atom stereocenters. The molecule has 2 aliphatic heterocycles. The standard InChI is InChI=1S/C23H32N4O3S/c1-3-27-13-19(11-24-27)12-25-14-20(29)10-23(16-25)4-6-26(7-5-23)22(30)9-18-8-21(17(2)28)31-15-18/h8,11,13,15,20,29H,3-7,9-10,12,14,16H2,1-2H3. The first kappa shape index (κ1) is 22.2. The van der Waals surface area contributed by atoms with Crippen molar-refractivity contribution in [3.8, 4) is 0 Å². The highest BCUT2D eigenvalue weighted by Gasteiger charge is 2.42. The van der Waals surface area contributed by atoms with Crippen LogP contribution in [0, 0.1) is 5.41 Å². The van der Waals surface area contributed by atoms with Crippen LogP contribution in [0.5, 0.6) is 0 Å². The van der Waals surface area contributed by atoms with Crippen molar-refractivity contribution < 1.29 is 14.7 Å². The van der Waals surface area contributed by atoms with Crippen LogP contribution in [0.1, 0.15) is 53.9 Å². The molecule has 4 rings (SSSR count). The van der Waals surface area contributed by atoms with Gasteiger partial charge in [0.15, 0.2) is 5.78 Å². The number of aryl methyl sites for hydroxylation is 1. The van der Waals surface area contributed by atoms with Crippen molar-refractivity contribution in [2.75, 3.05) is 26.2 Å². The molecule has 2 aliphatic rings. The number of ketones is 1. The molecular weight excluding hydrogens is 412 g/mol. The topological polar surface area (TPSA) is 78.7 Å². The minimum absolute atomic E-state index is 0.0473. The number of likely N-dealkylation sites (tertiary alicyclic amines) is 2. The van der Waals surface area contributed by atoms with E-state index >= 15 is 0 Å². The summed E-state index contributed by atoms with van der Waals surface area (Å²) in [4.78, 5) is 29.3. The Morgan fingerprint density at radius 2 is 2.06 bits per heavy atom. The molecular formula is C23H32N4O3S. The van der Waals surface area contributed by atoms with Crippen LogP contribution in [0.25, 0.3) is 0 Å². The number of hydrogen-bond donors (Lipinski definition) is 1. The number of nitrogens with zero attached hydrogens (tertiary/aromatic N) is 4. The van der Waals surface area contributed by atoms with Crippen LogP contribution < -0.4 is 0 Å². The lowest BCUT2D eigenvalue weighted by Gasteiger charge is -2.49. The summed E-state index contributed by atoms with van der Waals surface area (Å²) in [5.74, 6) is 0.175. The van der Waals surface area contributed by atoms with Crippen molar-refractivity contribution in [1.29, 1.82) is 0 Å². The van der Waals surface area contributed by atoms with Crippen LogP contribution in [-0.2, 0) is 24.3 Å². The number of carbonyl (C=O) groups excluding carboxylic acids is 2. The number of Topliss-reactive ketones (excluding diaryl/α,β-unsaturated/α-hetero) is 1. The summed E-state index contributed by atoms with van der Waals surface area (Å²) in [5, 5.41) is 16.9. The maximum Gasteiger partial charge on any atom is 0.227 e. The van der Waals surface area contributed by atoms with Crippen molar-refractivity contribution in [3.05, 3.63) is 39.8 Å². The van der Waals surface area contributed by atoms with Crippen LogP contribution >= 0.6 is 11.3 Å². The van der Waals surface area contributed by atoms with Crippen LogP contribution in [-0.4, -0.2) is 68.7 Å². The third-order valence-corrected chi connectivity index (χ3v) is 7.73. The average Bonchev–Trinajstić information content (AvgIpc) is 3.37. The van der Waals surface area contributed by atoms with Crippen molar-refractivity contribution in [1.82, 2.24) is 19.6 Å². The van der Waals surface area contributed by atoms with Crippen LogP contribution in [0.4, 0.5) is 0 Å². The molecule has 2 saturated heterocycles. The lowest BCUT2D eigenvalue weighted by Crippen LogP contribution is -2.54. The Kier molecular flexibility index (Phi) is 6.60. The van der Waals surface area contributed by atoms with Gasteiger partial charge in [-0.15, -0.1) is 11.3 Å². The monoisotopic (exact) mass is 444 g/mol. The highest BCUT2D eigenvalue weighted by molar-refractivity contribution is 7.12. The number of aliphatic hydroxyl groups is 1. The first-order valence-electron chi connectivity index (χ1n) is 11.1. The van der Waals surface area contributed by atoms with E-state index in [9.17, 15) is 14.7 Å². The molecule has 0 bridgehead atoms. The van der Waals surface area contributed by atoms with E-state index in [0.29, 0.717) is 17.8 Å². The molecule has 1 atom stereocenters. The lowest BCUT2D eigenvalue weighted by atomic mass is 9.71. The van der Waals surface area contributed by atoms with Gasteiger partial charge in [0.05, 0.1) is 23.6 Å². The van der Waals surface area contributed by atoms with E-state index in [4.69, 9.17) is 0 Å². The molecule has 0 saturated carbocycles. The Morgan fingerprint density at radius 3 is 2.71 bits per heavy atom. The van der Waals surface area contributed by atoms with E-state index < -0.39 is 0 Å². The first-order chi connectivity index (χ1) is 14.9. The number of β-amino-alcohol motifs (C(OH)–C–C–N with tert-alkyl or cyclic N) is 1. The van der Waals surface area contributed by atoms with E-state index in [1.807, 2.05) is 27.2 Å². The molecule has 1 amide bonds. The van der Waals surface area contributed by atoms with E-state index in [-0.39, 0.29) is 23.2 Å². The summed E-state index contributed by atoms with van der Waals surface area (Å²) in [6.07, 6.45) is 6.68. The zero-order chi connectivity index (χ0) is 22.0. The summed E-state index contributed by atoms with van der Waals surface area (Å²) in [6.45, 7) is 8.41. The predicted octanol–water partition coefficient (Wildman–Crippen LogP) is 2.59. The van der Waals surface area contributed by atoms with Gasteiger partial charge in [0.1, 0.15) is 0 Å².